The molecule has 0 spiro atoms. The van der Waals surface area contributed by atoms with Crippen molar-refractivity contribution in [2.45, 2.75) is 209 Å². The number of nitrogens with zero attached hydrogens (tertiary/aromatic N) is 1. The van der Waals surface area contributed by atoms with Gasteiger partial charge in [-0.05, 0) is 157 Å². The fourth-order valence-corrected chi connectivity index (χ4v) is 5.93. The van der Waals surface area contributed by atoms with Crippen molar-refractivity contribution < 1.29 is 0 Å². The van der Waals surface area contributed by atoms with Gasteiger partial charge in [0.05, 0.1) is 5.69 Å². The van der Waals surface area contributed by atoms with E-state index >= 15 is 0 Å². The number of anilines is 1. The van der Waals surface area contributed by atoms with Crippen LogP contribution < -0.4 is 4.90 Å². The molecule has 1 atom stereocenters. The molecule has 352 valence electrons. The summed E-state index contributed by atoms with van der Waals surface area (Å²) in [5.41, 5.74) is 7.48. The molecule has 5 rings (SSSR count). The zero-order valence-corrected chi connectivity index (χ0v) is 45.8. The number of benzene rings is 3. The standard InChI is InChI=1S/C19H19N.C12H20.C10H14.2C10H18.C2H6/c1-19(2,3)20-14-17-10-5-4-8-15(17)12-13-16-9-6-7-11-18(16)20;1-12(2,3)11-9-7-5-4-6-8-10-11;1-10(2,3)9-7-5-4-6-8-9;2*1-9(2,3)7-8-10(4,5)6;1-2/h4-11H,14H2,1-3H3;11H,4-7,9H2,1-3H3;4-8H,1-3H3;2*1-6H3;1-2H3. The van der Waals surface area contributed by atoms with Gasteiger partial charge in [-0.3, -0.25) is 0 Å². The van der Waals surface area contributed by atoms with Gasteiger partial charge in [-0.1, -0.05) is 170 Å². The van der Waals surface area contributed by atoms with Crippen LogP contribution in [0, 0.1) is 80.4 Å². The van der Waals surface area contributed by atoms with Crippen molar-refractivity contribution in [1.29, 1.82) is 0 Å². The first-order valence-electron chi connectivity index (χ1n) is 24.3. The molecule has 0 fully saturated rings. The van der Waals surface area contributed by atoms with Crippen LogP contribution in [0.25, 0.3) is 0 Å². The number of para-hydroxylation sites is 1. The van der Waals surface area contributed by atoms with Crippen molar-refractivity contribution in [2.75, 3.05) is 4.90 Å². The Morgan fingerprint density at radius 3 is 1.33 bits per heavy atom. The zero-order valence-electron chi connectivity index (χ0n) is 45.8. The van der Waals surface area contributed by atoms with Crippen LogP contribution >= 0.6 is 0 Å². The van der Waals surface area contributed by atoms with Gasteiger partial charge in [0.25, 0.3) is 0 Å². The summed E-state index contributed by atoms with van der Waals surface area (Å²) >= 11 is 0. The fourth-order valence-electron chi connectivity index (χ4n) is 5.93. The minimum Gasteiger partial charge on any atom is -0.361 e. The van der Waals surface area contributed by atoms with Gasteiger partial charge < -0.3 is 4.90 Å². The molecule has 3 aromatic rings. The molecule has 0 saturated carbocycles. The zero-order chi connectivity index (χ0) is 49.6. The normalized spacial score (nSPS) is 14.6. The van der Waals surface area contributed by atoms with Crippen molar-refractivity contribution >= 4 is 5.69 Å². The molecular weight excluding hydrogens is 771 g/mol. The molecule has 3 aromatic carbocycles. The Kier molecular flexibility index (Phi) is 24.8. The Balaban J connectivity index is 0.000000797. The second-order valence-corrected chi connectivity index (χ2v) is 24.1. The van der Waals surface area contributed by atoms with E-state index in [9.17, 15) is 0 Å². The second kappa shape index (κ2) is 26.6. The highest BCUT2D eigenvalue weighted by Gasteiger charge is 2.25. The summed E-state index contributed by atoms with van der Waals surface area (Å²) < 4.78 is 0. The van der Waals surface area contributed by atoms with Crippen LogP contribution in [0.2, 0.25) is 0 Å². The predicted molar refractivity (Wildman–Crippen MR) is 288 cm³/mol. The Labute approximate surface area is 399 Å². The minimum absolute atomic E-state index is 0.0578. The van der Waals surface area contributed by atoms with E-state index in [0.29, 0.717) is 16.7 Å². The van der Waals surface area contributed by atoms with Gasteiger partial charge in [0, 0.05) is 57.2 Å². The molecule has 0 bridgehead atoms. The van der Waals surface area contributed by atoms with E-state index in [-0.39, 0.29) is 27.2 Å². The molecule has 1 aliphatic carbocycles. The summed E-state index contributed by atoms with van der Waals surface area (Å²) in [5.74, 6) is 26.8. The smallest absolute Gasteiger partial charge is 0.0532 e. The molecule has 1 unspecified atom stereocenters. The van der Waals surface area contributed by atoms with Gasteiger partial charge in [0.15, 0.2) is 0 Å². The second-order valence-electron chi connectivity index (χ2n) is 24.1. The third kappa shape index (κ3) is 28.5. The summed E-state index contributed by atoms with van der Waals surface area (Å²) in [6.45, 7) is 50.8. The lowest BCUT2D eigenvalue weighted by Crippen LogP contribution is -2.41. The van der Waals surface area contributed by atoms with Gasteiger partial charge in [0.1, 0.15) is 0 Å². The summed E-state index contributed by atoms with van der Waals surface area (Å²) in [6, 6.07) is 27.4. The van der Waals surface area contributed by atoms with E-state index in [4.69, 9.17) is 0 Å². The van der Waals surface area contributed by atoms with Crippen LogP contribution in [0.4, 0.5) is 5.69 Å². The van der Waals surface area contributed by atoms with E-state index in [1.54, 1.807) is 0 Å². The molecule has 0 amide bonds. The largest absolute Gasteiger partial charge is 0.361 e. The van der Waals surface area contributed by atoms with Crippen LogP contribution in [-0.2, 0) is 12.0 Å². The lowest BCUT2D eigenvalue weighted by molar-refractivity contribution is 0.279. The van der Waals surface area contributed by atoms with E-state index in [1.165, 1.54) is 42.5 Å². The van der Waals surface area contributed by atoms with Crippen LogP contribution in [0.3, 0.4) is 0 Å². The van der Waals surface area contributed by atoms with E-state index < -0.39 is 0 Å². The number of rotatable bonds is 0. The van der Waals surface area contributed by atoms with Crippen LogP contribution in [0.1, 0.15) is 214 Å². The van der Waals surface area contributed by atoms with E-state index in [1.807, 2.05) is 13.8 Å². The molecule has 1 heterocycles. The highest BCUT2D eigenvalue weighted by atomic mass is 15.2. The monoisotopic (exact) mass is 866 g/mol. The predicted octanol–water partition coefficient (Wildman–Crippen LogP) is 18.0. The van der Waals surface area contributed by atoms with Crippen LogP contribution in [0.5, 0.6) is 0 Å². The summed E-state index contributed by atoms with van der Waals surface area (Å²) in [5, 5.41) is 0. The van der Waals surface area contributed by atoms with Gasteiger partial charge in [-0.15, -0.1) is 5.92 Å². The molecule has 64 heavy (non-hydrogen) atoms. The number of hydrogen-bond donors (Lipinski definition) is 0. The van der Waals surface area contributed by atoms with Crippen molar-refractivity contribution in [3.05, 3.63) is 101 Å². The molecule has 0 N–H and O–H groups in total. The summed E-state index contributed by atoms with van der Waals surface area (Å²) in [4.78, 5) is 2.44. The maximum atomic E-state index is 3.41. The summed E-state index contributed by atoms with van der Waals surface area (Å²) in [6.07, 6.45) is 6.48. The third-order valence-electron chi connectivity index (χ3n) is 9.56. The highest BCUT2D eigenvalue weighted by Crippen LogP contribution is 2.32. The van der Waals surface area contributed by atoms with Gasteiger partial charge >= 0.3 is 0 Å². The highest BCUT2D eigenvalue weighted by molar-refractivity contribution is 5.65. The van der Waals surface area contributed by atoms with Crippen molar-refractivity contribution in [3.8, 4) is 47.4 Å². The average Bonchev–Trinajstić information content (AvgIpc) is 3.14. The Bertz CT molecular complexity index is 1950. The molecule has 2 aliphatic rings. The average molecular weight is 866 g/mol. The van der Waals surface area contributed by atoms with Crippen molar-refractivity contribution in [2.24, 2.45) is 33.0 Å². The Hall–Kier alpha value is -4.30. The molecule has 0 radical (unpaired) electrons. The fraction of sp³-hybridized carbons (Fsp3) is 0.587. The van der Waals surface area contributed by atoms with Crippen LogP contribution in [0.15, 0.2) is 78.9 Å². The third-order valence-corrected chi connectivity index (χ3v) is 9.56. The van der Waals surface area contributed by atoms with Crippen LogP contribution in [-0.4, -0.2) is 5.54 Å². The quantitative estimate of drug-likeness (QED) is 0.204. The molecule has 1 aliphatic heterocycles. The van der Waals surface area contributed by atoms with E-state index in [2.05, 4.69) is 277 Å². The topological polar surface area (TPSA) is 3.24 Å². The molecule has 0 saturated heterocycles. The molecule has 0 aromatic heterocycles. The first kappa shape index (κ1) is 59.7. The Morgan fingerprint density at radius 2 is 0.906 bits per heavy atom. The molecule has 1 heteroatoms. The summed E-state index contributed by atoms with van der Waals surface area (Å²) in [7, 11) is 0. The number of hydrogen-bond acceptors (Lipinski definition) is 1. The minimum atomic E-state index is 0.0578. The Morgan fingerprint density at radius 1 is 0.484 bits per heavy atom. The maximum absolute atomic E-state index is 3.41. The van der Waals surface area contributed by atoms with Crippen molar-refractivity contribution in [1.82, 2.24) is 0 Å². The lowest BCUT2D eigenvalue weighted by Gasteiger charge is -2.39. The lowest BCUT2D eigenvalue weighted by atomic mass is 9.77. The van der Waals surface area contributed by atoms with Gasteiger partial charge in [-0.2, -0.15) is 0 Å². The van der Waals surface area contributed by atoms with Gasteiger partial charge in [-0.25, -0.2) is 0 Å². The first-order valence-corrected chi connectivity index (χ1v) is 24.3. The SMILES string of the molecule is CC.CC(C)(C)C#CC(C)(C)C.CC(C)(C)C#CC(C)(C)C.CC(C)(C)C1C#CCCCCC1.CC(C)(C)N1Cc2ccccc2C#Cc2ccccc21.CC(C)(C)c1ccccc1. The van der Waals surface area contributed by atoms with Crippen molar-refractivity contribution in [3.63, 3.8) is 0 Å². The molecule has 1 nitrogen and oxygen atoms in total. The maximum Gasteiger partial charge on any atom is 0.0532 e. The van der Waals surface area contributed by atoms with Gasteiger partial charge in [0.2, 0.25) is 0 Å². The molecular formula is C63H95N. The number of fused-ring (bicyclic) bond motifs is 2. The van der Waals surface area contributed by atoms with E-state index in [0.717, 1.165) is 24.1 Å². The first-order chi connectivity index (χ1) is 29.2.